The molecule has 0 bridgehead atoms. The van der Waals surface area contributed by atoms with E-state index in [0.29, 0.717) is 11.0 Å². The topological polar surface area (TPSA) is 66.9 Å². The zero-order chi connectivity index (χ0) is 16.4. The van der Waals surface area contributed by atoms with Crippen LogP contribution in [-0.2, 0) is 0 Å². The number of carbonyl (C=O) groups is 1. The number of thiophene rings is 1. The molecule has 0 aliphatic heterocycles. The quantitative estimate of drug-likeness (QED) is 0.712. The van der Waals surface area contributed by atoms with Crippen molar-refractivity contribution in [2.24, 2.45) is 0 Å². The average molecular weight is 356 g/mol. The number of nitrogens with one attached hydrogen (secondary N) is 2. The molecule has 2 heterocycles. The summed E-state index contributed by atoms with van der Waals surface area (Å²) in [5, 5.41) is 17.6. The van der Waals surface area contributed by atoms with Gasteiger partial charge in [0.25, 0.3) is 0 Å². The van der Waals surface area contributed by atoms with Crippen LogP contribution in [0, 0.1) is 0 Å². The van der Waals surface area contributed by atoms with Crippen molar-refractivity contribution in [1.29, 1.82) is 0 Å². The Labute approximate surface area is 147 Å². The van der Waals surface area contributed by atoms with Crippen LogP contribution in [-0.4, -0.2) is 16.2 Å². The first-order valence-electron chi connectivity index (χ1n) is 7.79. The third-order valence-corrected chi connectivity index (χ3v) is 5.76. The van der Waals surface area contributed by atoms with E-state index in [9.17, 15) is 4.79 Å². The van der Waals surface area contributed by atoms with Crippen LogP contribution in [0.5, 0.6) is 0 Å². The van der Waals surface area contributed by atoms with Crippen LogP contribution in [0.2, 0.25) is 0 Å². The fourth-order valence-corrected chi connectivity index (χ4v) is 4.17. The molecule has 3 aromatic rings. The summed E-state index contributed by atoms with van der Waals surface area (Å²) in [4.78, 5) is 13.5. The number of hydrogen-bond acceptors (Lipinski definition) is 5. The van der Waals surface area contributed by atoms with Crippen molar-refractivity contribution in [3.8, 4) is 0 Å². The van der Waals surface area contributed by atoms with E-state index >= 15 is 0 Å². The van der Waals surface area contributed by atoms with Gasteiger partial charge in [0, 0.05) is 10.8 Å². The summed E-state index contributed by atoms with van der Waals surface area (Å²) in [5.41, 5.74) is 1.05. The Morgan fingerprint density at radius 3 is 2.67 bits per heavy atom. The van der Waals surface area contributed by atoms with Crippen LogP contribution in [0.15, 0.2) is 47.8 Å². The first-order chi connectivity index (χ1) is 11.8. The molecule has 0 spiro atoms. The first-order valence-corrected chi connectivity index (χ1v) is 9.48. The van der Waals surface area contributed by atoms with E-state index in [1.54, 1.807) is 11.3 Å². The van der Waals surface area contributed by atoms with Crippen molar-refractivity contribution in [2.75, 3.05) is 5.32 Å². The fraction of sp³-hybridized carbons (Fsp3) is 0.235. The zero-order valence-electron chi connectivity index (χ0n) is 12.8. The number of carbonyl (C=O) groups excluding carboxylic acids is 1. The minimum atomic E-state index is -0.268. The molecular weight excluding hydrogens is 340 g/mol. The summed E-state index contributed by atoms with van der Waals surface area (Å²) in [6.07, 6.45) is 2.35. The average Bonchev–Trinajstić information content (AvgIpc) is 3.11. The summed E-state index contributed by atoms with van der Waals surface area (Å²) < 4.78 is 0. The molecule has 5 nitrogen and oxygen atoms in total. The Balaban J connectivity index is 1.48. The number of nitrogens with zero attached hydrogens (tertiary/aromatic N) is 2. The van der Waals surface area contributed by atoms with E-state index in [1.807, 2.05) is 47.8 Å². The molecule has 122 valence electrons. The molecule has 0 saturated heterocycles. The van der Waals surface area contributed by atoms with Gasteiger partial charge in [0.2, 0.25) is 5.13 Å². The molecule has 0 radical (unpaired) electrons. The zero-order valence-corrected chi connectivity index (χ0v) is 14.4. The maximum atomic E-state index is 12.4. The van der Waals surface area contributed by atoms with Crippen molar-refractivity contribution in [1.82, 2.24) is 15.5 Å². The van der Waals surface area contributed by atoms with Gasteiger partial charge in [-0.05, 0) is 29.9 Å². The minimum absolute atomic E-state index is 0.179. The third-order valence-electron chi connectivity index (χ3n) is 3.82. The van der Waals surface area contributed by atoms with Gasteiger partial charge in [-0.2, -0.15) is 0 Å². The number of urea groups is 1. The second-order valence-electron chi connectivity index (χ2n) is 5.68. The summed E-state index contributed by atoms with van der Waals surface area (Å²) in [7, 11) is 0. The van der Waals surface area contributed by atoms with Crippen LogP contribution in [0.25, 0.3) is 0 Å². The minimum Gasteiger partial charge on any atom is -0.326 e. The maximum Gasteiger partial charge on any atom is 0.321 e. The van der Waals surface area contributed by atoms with Gasteiger partial charge in [0.15, 0.2) is 0 Å². The Hall–Kier alpha value is -2.25. The molecular formula is C17H16N4OS2. The highest BCUT2D eigenvalue weighted by Gasteiger charge is 2.28. The third kappa shape index (κ3) is 3.47. The summed E-state index contributed by atoms with van der Waals surface area (Å²) in [6, 6.07) is 13.5. The van der Waals surface area contributed by atoms with Crippen molar-refractivity contribution in [2.45, 2.75) is 24.8 Å². The monoisotopic (exact) mass is 356 g/mol. The van der Waals surface area contributed by atoms with Crippen molar-refractivity contribution < 1.29 is 4.79 Å². The molecule has 1 aliphatic rings. The predicted molar refractivity (Wildman–Crippen MR) is 96.6 cm³/mol. The Kier molecular flexibility index (Phi) is 4.27. The van der Waals surface area contributed by atoms with Gasteiger partial charge in [0.1, 0.15) is 5.01 Å². The molecule has 1 fully saturated rings. The highest BCUT2D eigenvalue weighted by atomic mass is 32.1. The lowest BCUT2D eigenvalue weighted by Gasteiger charge is -2.17. The van der Waals surface area contributed by atoms with Crippen molar-refractivity contribution >= 4 is 33.8 Å². The van der Waals surface area contributed by atoms with Gasteiger partial charge >= 0.3 is 6.03 Å². The number of benzene rings is 1. The molecule has 2 aromatic heterocycles. The Morgan fingerprint density at radius 2 is 1.96 bits per heavy atom. The molecule has 1 saturated carbocycles. The smallest absolute Gasteiger partial charge is 0.321 e. The fourth-order valence-electron chi connectivity index (χ4n) is 2.46. The lowest BCUT2D eigenvalue weighted by molar-refractivity contribution is 0.250. The van der Waals surface area contributed by atoms with E-state index in [1.165, 1.54) is 24.2 Å². The normalized spacial score (nSPS) is 15.0. The molecule has 2 N–H and O–H groups in total. The largest absolute Gasteiger partial charge is 0.326 e. The molecule has 1 atom stereocenters. The molecule has 1 aliphatic carbocycles. The molecule has 24 heavy (non-hydrogen) atoms. The van der Waals surface area contributed by atoms with E-state index in [-0.39, 0.29) is 12.1 Å². The molecule has 7 heteroatoms. The van der Waals surface area contributed by atoms with Crippen molar-refractivity contribution in [3.05, 3.63) is 63.3 Å². The number of hydrogen-bond donors (Lipinski definition) is 2. The number of anilines is 1. The van der Waals surface area contributed by atoms with Gasteiger partial charge in [0.05, 0.1) is 6.04 Å². The molecule has 0 unspecified atom stereocenters. The van der Waals surface area contributed by atoms with Crippen LogP contribution in [0.3, 0.4) is 0 Å². The first kappa shape index (κ1) is 15.3. The van der Waals surface area contributed by atoms with Gasteiger partial charge < -0.3 is 5.32 Å². The van der Waals surface area contributed by atoms with Gasteiger partial charge in [-0.3, -0.25) is 5.32 Å². The second kappa shape index (κ2) is 6.70. The predicted octanol–water partition coefficient (Wildman–Crippen LogP) is 4.39. The van der Waals surface area contributed by atoms with Crippen LogP contribution in [0.4, 0.5) is 9.93 Å². The standard InChI is InChI=1S/C17H16N4OS2/c22-16(19-17-21-20-15(24-17)12-8-9-12)18-14(13-7-4-10-23-13)11-5-2-1-3-6-11/h1-7,10,12,14H,8-9H2,(H2,18,19,21,22)/t14-/m0/s1. The molecule has 4 rings (SSSR count). The van der Waals surface area contributed by atoms with E-state index in [0.717, 1.165) is 15.4 Å². The Morgan fingerprint density at radius 1 is 1.12 bits per heavy atom. The second-order valence-corrected chi connectivity index (χ2v) is 7.67. The Bertz CT molecular complexity index is 812. The lowest BCUT2D eigenvalue weighted by Crippen LogP contribution is -2.32. The van der Waals surface area contributed by atoms with Crippen LogP contribution >= 0.6 is 22.7 Å². The number of amides is 2. The van der Waals surface area contributed by atoms with Gasteiger partial charge in [-0.25, -0.2) is 4.79 Å². The van der Waals surface area contributed by atoms with Crippen molar-refractivity contribution in [3.63, 3.8) is 0 Å². The van der Waals surface area contributed by atoms with E-state index < -0.39 is 0 Å². The summed E-state index contributed by atoms with van der Waals surface area (Å²) >= 11 is 3.08. The van der Waals surface area contributed by atoms with E-state index in [4.69, 9.17) is 0 Å². The highest BCUT2D eigenvalue weighted by Crippen LogP contribution is 2.42. The number of rotatable bonds is 5. The van der Waals surface area contributed by atoms with Gasteiger partial charge in [-0.1, -0.05) is 47.7 Å². The highest BCUT2D eigenvalue weighted by molar-refractivity contribution is 7.15. The number of aromatic nitrogens is 2. The summed E-state index contributed by atoms with van der Waals surface area (Å²) in [5.74, 6) is 0.546. The molecule has 1 aromatic carbocycles. The SMILES string of the molecule is O=C(Nc1nnc(C2CC2)s1)N[C@@H](c1ccccc1)c1cccs1. The summed E-state index contributed by atoms with van der Waals surface area (Å²) in [6.45, 7) is 0. The van der Waals surface area contributed by atoms with Gasteiger partial charge in [-0.15, -0.1) is 21.5 Å². The van der Waals surface area contributed by atoms with Crippen LogP contribution < -0.4 is 10.6 Å². The molecule has 2 amide bonds. The van der Waals surface area contributed by atoms with E-state index in [2.05, 4.69) is 20.8 Å². The lowest BCUT2D eigenvalue weighted by atomic mass is 10.1. The van der Waals surface area contributed by atoms with Crippen LogP contribution in [0.1, 0.15) is 40.2 Å². The maximum absolute atomic E-state index is 12.4.